The lowest BCUT2D eigenvalue weighted by molar-refractivity contribution is 0.602. The van der Waals surface area contributed by atoms with E-state index in [4.69, 9.17) is 10.2 Å². The predicted octanol–water partition coefficient (Wildman–Crippen LogP) is 1.73. The molecule has 0 fully saturated rings. The molecule has 2 aromatic heterocycles. The molecule has 0 amide bonds. The quantitative estimate of drug-likeness (QED) is 0.759. The lowest BCUT2D eigenvalue weighted by atomic mass is 10.1. The number of benzene rings is 1. The first-order valence-electron chi connectivity index (χ1n) is 5.84. The summed E-state index contributed by atoms with van der Waals surface area (Å²) in [6, 6.07) is 8.01. The van der Waals surface area contributed by atoms with Crippen LogP contribution in [0.3, 0.4) is 0 Å². The van der Waals surface area contributed by atoms with Gasteiger partial charge in [0.2, 0.25) is 0 Å². The van der Waals surface area contributed by atoms with Crippen LogP contribution in [-0.2, 0) is 13.5 Å². The molecule has 0 saturated heterocycles. The van der Waals surface area contributed by atoms with Crippen LogP contribution in [0.25, 0.3) is 22.4 Å². The first kappa shape index (κ1) is 11.0. The van der Waals surface area contributed by atoms with E-state index in [1.165, 1.54) is 6.39 Å². The summed E-state index contributed by atoms with van der Waals surface area (Å²) in [5, 5.41) is 4.43. The maximum atomic E-state index is 5.55. The van der Waals surface area contributed by atoms with Gasteiger partial charge in [-0.1, -0.05) is 6.07 Å². The number of rotatable bonds is 3. The smallest absolute Gasteiger partial charge is 0.181 e. The van der Waals surface area contributed by atoms with Crippen molar-refractivity contribution in [1.82, 2.24) is 14.8 Å². The Morgan fingerprint density at radius 1 is 1.33 bits per heavy atom. The highest BCUT2D eigenvalue weighted by atomic mass is 16.3. The normalized spacial score (nSPS) is 11.2. The molecule has 92 valence electrons. The molecule has 3 aromatic rings. The number of fused-ring (bicyclic) bond motifs is 1. The highest BCUT2D eigenvalue weighted by Gasteiger charge is 2.08. The third kappa shape index (κ3) is 1.78. The van der Waals surface area contributed by atoms with Crippen LogP contribution < -0.4 is 5.73 Å². The maximum absolute atomic E-state index is 5.55. The molecule has 0 aliphatic carbocycles. The average Bonchev–Trinajstić information content (AvgIpc) is 2.95. The number of hydrogen-bond acceptors (Lipinski definition) is 4. The van der Waals surface area contributed by atoms with E-state index >= 15 is 0 Å². The second kappa shape index (κ2) is 4.27. The summed E-state index contributed by atoms with van der Waals surface area (Å²) in [6.45, 7) is 0.609. The minimum atomic E-state index is 0.609. The molecule has 5 heteroatoms. The zero-order valence-electron chi connectivity index (χ0n) is 10.1. The van der Waals surface area contributed by atoms with Gasteiger partial charge in [0.1, 0.15) is 5.52 Å². The van der Waals surface area contributed by atoms with Crippen LogP contribution >= 0.6 is 0 Å². The van der Waals surface area contributed by atoms with Gasteiger partial charge in [-0.15, -0.1) is 0 Å². The van der Waals surface area contributed by atoms with Gasteiger partial charge in [-0.2, -0.15) is 5.10 Å². The fourth-order valence-electron chi connectivity index (χ4n) is 2.08. The number of aromatic nitrogens is 3. The minimum Gasteiger partial charge on any atom is -0.443 e. The summed E-state index contributed by atoms with van der Waals surface area (Å²) < 4.78 is 7.18. The van der Waals surface area contributed by atoms with Crippen molar-refractivity contribution in [2.75, 3.05) is 6.54 Å². The number of nitrogens with zero attached hydrogens (tertiary/aromatic N) is 3. The third-order valence-electron chi connectivity index (χ3n) is 2.96. The first-order valence-corrected chi connectivity index (χ1v) is 5.84. The van der Waals surface area contributed by atoms with Gasteiger partial charge in [-0.3, -0.25) is 4.68 Å². The van der Waals surface area contributed by atoms with E-state index in [9.17, 15) is 0 Å². The van der Waals surface area contributed by atoms with Crippen molar-refractivity contribution in [3.05, 3.63) is 36.4 Å². The zero-order valence-corrected chi connectivity index (χ0v) is 10.1. The Kier molecular flexibility index (Phi) is 2.60. The van der Waals surface area contributed by atoms with E-state index in [2.05, 4.69) is 16.1 Å². The summed E-state index contributed by atoms with van der Waals surface area (Å²) in [7, 11) is 1.93. The molecule has 5 nitrogen and oxygen atoms in total. The van der Waals surface area contributed by atoms with Crippen LogP contribution in [-0.4, -0.2) is 21.3 Å². The fourth-order valence-corrected chi connectivity index (χ4v) is 2.08. The molecule has 0 unspecified atom stereocenters. The molecular formula is C13H14N4O. The summed E-state index contributed by atoms with van der Waals surface area (Å²) in [5.74, 6) is 0. The molecular weight excluding hydrogens is 228 g/mol. The van der Waals surface area contributed by atoms with Crippen LogP contribution in [0.1, 0.15) is 5.69 Å². The van der Waals surface area contributed by atoms with E-state index in [0.717, 1.165) is 34.5 Å². The second-order valence-electron chi connectivity index (χ2n) is 4.22. The van der Waals surface area contributed by atoms with Crippen molar-refractivity contribution in [3.63, 3.8) is 0 Å². The summed E-state index contributed by atoms with van der Waals surface area (Å²) in [5.41, 5.74) is 10.3. The van der Waals surface area contributed by atoms with Gasteiger partial charge in [0, 0.05) is 19.0 Å². The highest BCUT2D eigenvalue weighted by Crippen LogP contribution is 2.24. The summed E-state index contributed by atoms with van der Waals surface area (Å²) in [6.07, 6.45) is 2.25. The Labute approximate surface area is 104 Å². The predicted molar refractivity (Wildman–Crippen MR) is 69.0 cm³/mol. The lowest BCUT2D eigenvalue weighted by Crippen LogP contribution is -2.03. The molecule has 0 atom stereocenters. The average molecular weight is 242 g/mol. The van der Waals surface area contributed by atoms with Crippen molar-refractivity contribution in [3.8, 4) is 11.3 Å². The molecule has 2 heterocycles. The molecule has 1 aromatic carbocycles. The van der Waals surface area contributed by atoms with Gasteiger partial charge in [-0.05, 0) is 24.7 Å². The Hall–Kier alpha value is -2.14. The van der Waals surface area contributed by atoms with Crippen LogP contribution in [0, 0.1) is 0 Å². The van der Waals surface area contributed by atoms with E-state index in [1.807, 2.05) is 29.9 Å². The topological polar surface area (TPSA) is 69.9 Å². The molecule has 0 bridgehead atoms. The molecule has 18 heavy (non-hydrogen) atoms. The van der Waals surface area contributed by atoms with Gasteiger partial charge in [-0.25, -0.2) is 4.98 Å². The largest absolute Gasteiger partial charge is 0.443 e. The summed E-state index contributed by atoms with van der Waals surface area (Å²) >= 11 is 0. The van der Waals surface area contributed by atoms with Gasteiger partial charge >= 0.3 is 0 Å². The molecule has 0 aliphatic heterocycles. The highest BCUT2D eigenvalue weighted by molar-refractivity contribution is 5.79. The standard InChI is InChI=1S/C13H14N4O/c1-17-12(7-10(16-17)4-5-14)9-2-3-11-13(6-9)18-8-15-11/h2-3,6-8H,4-5,14H2,1H3. The monoisotopic (exact) mass is 242 g/mol. The van der Waals surface area contributed by atoms with E-state index in [0.29, 0.717) is 6.54 Å². The lowest BCUT2D eigenvalue weighted by Gasteiger charge is -2.00. The molecule has 0 radical (unpaired) electrons. The van der Waals surface area contributed by atoms with Gasteiger partial charge < -0.3 is 10.2 Å². The van der Waals surface area contributed by atoms with Crippen molar-refractivity contribution in [1.29, 1.82) is 0 Å². The van der Waals surface area contributed by atoms with Crippen molar-refractivity contribution in [2.24, 2.45) is 12.8 Å². The SMILES string of the molecule is Cn1nc(CCN)cc1-c1ccc2ncoc2c1. The zero-order chi connectivity index (χ0) is 12.5. The van der Waals surface area contributed by atoms with E-state index < -0.39 is 0 Å². The van der Waals surface area contributed by atoms with Gasteiger partial charge in [0.05, 0.1) is 11.4 Å². The molecule has 3 rings (SSSR count). The van der Waals surface area contributed by atoms with Crippen molar-refractivity contribution >= 4 is 11.1 Å². The first-order chi connectivity index (χ1) is 8.78. The van der Waals surface area contributed by atoms with Crippen LogP contribution in [0.15, 0.2) is 35.1 Å². The summed E-state index contributed by atoms with van der Waals surface area (Å²) in [4.78, 5) is 4.10. The minimum absolute atomic E-state index is 0.609. The van der Waals surface area contributed by atoms with E-state index in [-0.39, 0.29) is 0 Å². The van der Waals surface area contributed by atoms with Crippen LogP contribution in [0.2, 0.25) is 0 Å². The second-order valence-corrected chi connectivity index (χ2v) is 4.22. The Balaban J connectivity index is 2.07. The molecule has 2 N–H and O–H groups in total. The van der Waals surface area contributed by atoms with Crippen LogP contribution in [0.5, 0.6) is 0 Å². The maximum Gasteiger partial charge on any atom is 0.181 e. The van der Waals surface area contributed by atoms with E-state index in [1.54, 1.807) is 0 Å². The van der Waals surface area contributed by atoms with Crippen LogP contribution in [0.4, 0.5) is 0 Å². The Morgan fingerprint density at radius 3 is 3.06 bits per heavy atom. The molecule has 0 aliphatic rings. The number of oxazole rings is 1. The molecule has 0 saturated carbocycles. The fraction of sp³-hybridized carbons (Fsp3) is 0.231. The van der Waals surface area contributed by atoms with Crippen molar-refractivity contribution in [2.45, 2.75) is 6.42 Å². The Morgan fingerprint density at radius 2 is 2.22 bits per heavy atom. The number of hydrogen-bond donors (Lipinski definition) is 1. The number of aryl methyl sites for hydroxylation is 1. The Bertz CT molecular complexity index is 683. The molecule has 0 spiro atoms. The van der Waals surface area contributed by atoms with Crippen molar-refractivity contribution < 1.29 is 4.42 Å². The third-order valence-corrected chi connectivity index (χ3v) is 2.96. The van der Waals surface area contributed by atoms with Gasteiger partial charge in [0.15, 0.2) is 12.0 Å². The van der Waals surface area contributed by atoms with Gasteiger partial charge in [0.25, 0.3) is 0 Å². The number of nitrogens with two attached hydrogens (primary N) is 1.